The molecule has 0 amide bonds. The van der Waals surface area contributed by atoms with Gasteiger partial charge < -0.3 is 5.73 Å². The minimum absolute atomic E-state index is 0.601. The highest BCUT2D eigenvalue weighted by molar-refractivity contribution is 9.11. The third-order valence-electron chi connectivity index (χ3n) is 3.07. The summed E-state index contributed by atoms with van der Waals surface area (Å²) in [4.78, 5) is 0. The Balaban J connectivity index is 2.25. The molecule has 21 heavy (non-hydrogen) atoms. The van der Waals surface area contributed by atoms with Crippen LogP contribution in [-0.4, -0.2) is 20.2 Å². The number of anilines is 1. The molecule has 5 nitrogen and oxygen atoms in total. The molecule has 0 saturated carbocycles. The van der Waals surface area contributed by atoms with Crippen LogP contribution in [0.3, 0.4) is 0 Å². The predicted molar refractivity (Wildman–Crippen MR) is 89.1 cm³/mol. The van der Waals surface area contributed by atoms with Crippen LogP contribution < -0.4 is 5.73 Å². The molecular weight excluding hydrogens is 398 g/mol. The van der Waals surface area contributed by atoms with E-state index in [0.717, 1.165) is 25.8 Å². The molecule has 3 rings (SSSR count). The van der Waals surface area contributed by atoms with Crippen molar-refractivity contribution in [2.24, 2.45) is 0 Å². The molecule has 1 aromatic heterocycles. The third-order valence-corrected chi connectivity index (χ3v) is 4.35. The van der Waals surface area contributed by atoms with Crippen molar-refractivity contribution >= 4 is 37.5 Å². The van der Waals surface area contributed by atoms with E-state index in [0.29, 0.717) is 11.5 Å². The Morgan fingerprint density at radius 2 is 1.81 bits per heavy atom. The van der Waals surface area contributed by atoms with Gasteiger partial charge >= 0.3 is 0 Å². The molecule has 2 aromatic carbocycles. The molecule has 0 radical (unpaired) electrons. The van der Waals surface area contributed by atoms with Gasteiger partial charge in [-0.05, 0) is 73.5 Å². The first-order valence-electron chi connectivity index (χ1n) is 6.17. The molecule has 0 atom stereocenters. The maximum Gasteiger partial charge on any atom is 0.189 e. The van der Waals surface area contributed by atoms with Gasteiger partial charge in [0.05, 0.1) is 5.69 Å². The molecule has 0 aliphatic carbocycles. The van der Waals surface area contributed by atoms with Crippen LogP contribution in [0.4, 0.5) is 5.69 Å². The van der Waals surface area contributed by atoms with Crippen LogP contribution in [0.15, 0.2) is 45.3 Å². The fourth-order valence-electron chi connectivity index (χ4n) is 2.06. The number of tetrazole rings is 1. The average Bonchev–Trinajstić information content (AvgIpc) is 2.90. The largest absolute Gasteiger partial charge is 0.398 e. The van der Waals surface area contributed by atoms with Gasteiger partial charge in [0, 0.05) is 20.2 Å². The number of aromatic nitrogens is 4. The average molecular weight is 409 g/mol. The van der Waals surface area contributed by atoms with E-state index in [1.807, 2.05) is 43.3 Å². The zero-order chi connectivity index (χ0) is 15.0. The van der Waals surface area contributed by atoms with Crippen molar-refractivity contribution in [3.8, 4) is 17.1 Å². The molecule has 106 valence electrons. The molecule has 0 aliphatic rings. The highest BCUT2D eigenvalue weighted by Gasteiger charge is 2.17. The monoisotopic (exact) mass is 407 g/mol. The lowest BCUT2D eigenvalue weighted by Crippen LogP contribution is -2.03. The van der Waals surface area contributed by atoms with E-state index in [2.05, 4.69) is 47.4 Å². The standard InChI is InChI=1S/C14H11Br2N5/c1-8-5-6-12(17)9(7-8)14-18-19-20-21(14)13-10(15)3-2-4-11(13)16/h2-7H,17H2,1H3. The summed E-state index contributed by atoms with van der Waals surface area (Å²) in [7, 11) is 0. The Bertz CT molecular complexity index is 793. The first-order valence-corrected chi connectivity index (χ1v) is 7.76. The topological polar surface area (TPSA) is 69.6 Å². The van der Waals surface area contributed by atoms with Crippen LogP contribution in [0.2, 0.25) is 0 Å². The molecule has 0 spiro atoms. The number of nitrogens with two attached hydrogens (primary N) is 1. The first-order chi connectivity index (χ1) is 10.1. The Hall–Kier alpha value is -1.73. The van der Waals surface area contributed by atoms with E-state index in [1.54, 1.807) is 4.68 Å². The van der Waals surface area contributed by atoms with Gasteiger partial charge in [0.15, 0.2) is 5.82 Å². The van der Waals surface area contributed by atoms with Gasteiger partial charge in [0.2, 0.25) is 0 Å². The third kappa shape index (κ3) is 2.58. The predicted octanol–water partition coefficient (Wildman–Crippen LogP) is 3.74. The van der Waals surface area contributed by atoms with Crippen LogP contribution in [0.1, 0.15) is 5.56 Å². The maximum atomic E-state index is 6.07. The second-order valence-electron chi connectivity index (χ2n) is 4.58. The van der Waals surface area contributed by atoms with Crippen LogP contribution in [0.25, 0.3) is 17.1 Å². The maximum absolute atomic E-state index is 6.07. The summed E-state index contributed by atoms with van der Waals surface area (Å²) >= 11 is 7.06. The summed E-state index contributed by atoms with van der Waals surface area (Å²) in [6, 6.07) is 11.6. The minimum atomic E-state index is 0.601. The summed E-state index contributed by atoms with van der Waals surface area (Å²) in [6.07, 6.45) is 0. The highest BCUT2D eigenvalue weighted by Crippen LogP contribution is 2.32. The number of para-hydroxylation sites is 1. The molecule has 0 aliphatic heterocycles. The van der Waals surface area contributed by atoms with Gasteiger partial charge in [0.25, 0.3) is 0 Å². The van der Waals surface area contributed by atoms with Gasteiger partial charge in [-0.25, -0.2) is 0 Å². The number of halogens is 2. The SMILES string of the molecule is Cc1ccc(N)c(-c2nnnn2-c2c(Br)cccc2Br)c1. The normalized spacial score (nSPS) is 10.8. The summed E-state index contributed by atoms with van der Waals surface area (Å²) in [5.41, 5.74) is 9.45. The fraction of sp³-hybridized carbons (Fsp3) is 0.0714. The van der Waals surface area contributed by atoms with E-state index in [-0.39, 0.29) is 0 Å². The number of hydrogen-bond donors (Lipinski definition) is 1. The van der Waals surface area contributed by atoms with Crippen LogP contribution in [-0.2, 0) is 0 Å². The van der Waals surface area contributed by atoms with Gasteiger partial charge in [-0.3, -0.25) is 0 Å². The zero-order valence-electron chi connectivity index (χ0n) is 11.1. The van der Waals surface area contributed by atoms with Crippen LogP contribution in [0, 0.1) is 6.92 Å². The molecule has 0 unspecified atom stereocenters. The molecule has 0 bridgehead atoms. The second-order valence-corrected chi connectivity index (χ2v) is 6.28. The summed E-state index contributed by atoms with van der Waals surface area (Å²) in [5, 5.41) is 12.0. The van der Waals surface area contributed by atoms with Gasteiger partial charge in [-0.1, -0.05) is 17.7 Å². The number of nitrogen functional groups attached to an aromatic ring is 1. The Morgan fingerprint density at radius 1 is 1.10 bits per heavy atom. The summed E-state index contributed by atoms with van der Waals surface area (Å²) < 4.78 is 3.44. The Morgan fingerprint density at radius 3 is 2.52 bits per heavy atom. The van der Waals surface area contributed by atoms with Crippen molar-refractivity contribution in [2.45, 2.75) is 6.92 Å². The fourth-order valence-corrected chi connectivity index (χ4v) is 3.40. The van der Waals surface area contributed by atoms with Gasteiger partial charge in [0.1, 0.15) is 0 Å². The zero-order valence-corrected chi connectivity index (χ0v) is 14.3. The lowest BCUT2D eigenvalue weighted by atomic mass is 10.1. The number of rotatable bonds is 2. The number of hydrogen-bond acceptors (Lipinski definition) is 4. The van der Waals surface area contributed by atoms with E-state index in [4.69, 9.17) is 5.73 Å². The summed E-state index contributed by atoms with van der Waals surface area (Å²) in [6.45, 7) is 2.01. The number of aryl methyl sites for hydroxylation is 1. The Labute approximate surface area is 138 Å². The first kappa shape index (κ1) is 14.2. The smallest absolute Gasteiger partial charge is 0.189 e. The molecule has 3 aromatic rings. The minimum Gasteiger partial charge on any atom is -0.398 e. The van der Waals surface area contributed by atoms with Crippen LogP contribution in [0.5, 0.6) is 0 Å². The van der Waals surface area contributed by atoms with Gasteiger partial charge in [-0.2, -0.15) is 4.68 Å². The highest BCUT2D eigenvalue weighted by atomic mass is 79.9. The second kappa shape index (κ2) is 5.57. The van der Waals surface area contributed by atoms with E-state index in [1.165, 1.54) is 0 Å². The molecule has 0 saturated heterocycles. The van der Waals surface area contributed by atoms with Crippen molar-refractivity contribution in [2.75, 3.05) is 5.73 Å². The lowest BCUT2D eigenvalue weighted by molar-refractivity contribution is 0.786. The van der Waals surface area contributed by atoms with Crippen LogP contribution >= 0.6 is 31.9 Å². The van der Waals surface area contributed by atoms with Crippen molar-refractivity contribution in [1.82, 2.24) is 20.2 Å². The molecule has 1 heterocycles. The van der Waals surface area contributed by atoms with Gasteiger partial charge in [-0.15, -0.1) is 5.10 Å². The molecule has 0 fully saturated rings. The van der Waals surface area contributed by atoms with E-state index in [9.17, 15) is 0 Å². The lowest BCUT2D eigenvalue weighted by Gasteiger charge is -2.10. The van der Waals surface area contributed by atoms with Crippen molar-refractivity contribution in [1.29, 1.82) is 0 Å². The number of nitrogens with zero attached hydrogens (tertiary/aromatic N) is 4. The molecular formula is C14H11Br2N5. The molecule has 2 N–H and O–H groups in total. The van der Waals surface area contributed by atoms with Crippen molar-refractivity contribution < 1.29 is 0 Å². The number of benzene rings is 2. The van der Waals surface area contributed by atoms with E-state index >= 15 is 0 Å². The van der Waals surface area contributed by atoms with Crippen molar-refractivity contribution in [3.63, 3.8) is 0 Å². The van der Waals surface area contributed by atoms with E-state index < -0.39 is 0 Å². The Kier molecular flexibility index (Phi) is 3.77. The molecule has 7 heteroatoms. The van der Waals surface area contributed by atoms with Crippen molar-refractivity contribution in [3.05, 3.63) is 50.9 Å². The summed E-state index contributed by atoms with van der Waals surface area (Å²) in [5.74, 6) is 0.601. The quantitative estimate of drug-likeness (QED) is 0.655.